The number of pyridine rings is 2. The van der Waals surface area contributed by atoms with Gasteiger partial charge in [0.25, 0.3) is 11.1 Å². The molecule has 0 amide bonds. The molecule has 5 nitrogen and oxygen atoms in total. The summed E-state index contributed by atoms with van der Waals surface area (Å²) in [7, 11) is 0. The Morgan fingerprint density at radius 1 is 0.812 bits per heavy atom. The maximum atomic E-state index is 11.8. The molecule has 0 N–H and O–H groups in total. The van der Waals surface area contributed by atoms with Crippen LogP contribution < -0.4 is 11.1 Å². The summed E-state index contributed by atoms with van der Waals surface area (Å²) in [5.41, 5.74) is -0.938. The summed E-state index contributed by atoms with van der Waals surface area (Å²) in [5.74, 6) is 0. The molecule has 0 saturated carbocycles. The first-order valence-electron chi connectivity index (χ1n) is 4.60. The standard InChI is InChI=1S/C11H8N2O3/c14-9-5-1-3-7-12(9)11(16)13-8-4-2-6-10(13)15/h1-8H. The number of nitrogens with zero attached hydrogens (tertiary/aromatic N) is 2. The van der Waals surface area contributed by atoms with Crippen molar-refractivity contribution < 1.29 is 4.79 Å². The van der Waals surface area contributed by atoms with E-state index in [0.29, 0.717) is 0 Å². The number of carbonyl (C=O) groups is 1. The molecule has 0 bridgehead atoms. The molecule has 0 aliphatic carbocycles. The van der Waals surface area contributed by atoms with Crippen LogP contribution in [0, 0.1) is 0 Å². The van der Waals surface area contributed by atoms with Crippen molar-refractivity contribution in [2.45, 2.75) is 0 Å². The van der Waals surface area contributed by atoms with Gasteiger partial charge in [-0.15, -0.1) is 0 Å². The highest BCUT2D eigenvalue weighted by Gasteiger charge is 2.08. The fraction of sp³-hybridized carbons (Fsp3) is 0. The van der Waals surface area contributed by atoms with E-state index in [2.05, 4.69) is 0 Å². The second kappa shape index (κ2) is 3.98. The van der Waals surface area contributed by atoms with Gasteiger partial charge in [0.1, 0.15) is 0 Å². The van der Waals surface area contributed by atoms with Crippen molar-refractivity contribution in [1.82, 2.24) is 9.13 Å². The van der Waals surface area contributed by atoms with Gasteiger partial charge in [0.2, 0.25) is 0 Å². The number of aromatic nitrogens is 2. The maximum Gasteiger partial charge on any atom is 0.342 e. The van der Waals surface area contributed by atoms with Crippen molar-refractivity contribution in [3.8, 4) is 0 Å². The molecule has 16 heavy (non-hydrogen) atoms. The zero-order valence-corrected chi connectivity index (χ0v) is 8.24. The topological polar surface area (TPSA) is 61.1 Å². The van der Waals surface area contributed by atoms with Crippen LogP contribution in [0.15, 0.2) is 58.4 Å². The Bertz CT molecular complexity index is 584. The predicted octanol–water partition coefficient (Wildman–Crippen LogP) is 0.526. The molecule has 2 aromatic heterocycles. The zero-order valence-electron chi connectivity index (χ0n) is 8.24. The van der Waals surface area contributed by atoms with E-state index in [1.54, 1.807) is 12.1 Å². The molecule has 0 spiro atoms. The number of rotatable bonds is 0. The zero-order chi connectivity index (χ0) is 11.5. The highest BCUT2D eigenvalue weighted by Crippen LogP contribution is 1.87. The van der Waals surface area contributed by atoms with Gasteiger partial charge in [-0.2, -0.15) is 0 Å². The smallest absolute Gasteiger partial charge is 0.269 e. The Labute approximate surface area is 90.2 Å². The molecule has 0 aromatic carbocycles. The summed E-state index contributed by atoms with van der Waals surface area (Å²) in [6, 6.07) is 7.98. The van der Waals surface area contributed by atoms with Crippen LogP contribution in [0.1, 0.15) is 0 Å². The molecule has 0 radical (unpaired) electrons. The van der Waals surface area contributed by atoms with Gasteiger partial charge in [-0.1, -0.05) is 12.1 Å². The van der Waals surface area contributed by atoms with Crippen molar-refractivity contribution >= 4 is 6.03 Å². The van der Waals surface area contributed by atoms with Gasteiger partial charge in [0.05, 0.1) is 0 Å². The van der Waals surface area contributed by atoms with E-state index in [1.807, 2.05) is 0 Å². The third kappa shape index (κ3) is 1.70. The highest BCUT2D eigenvalue weighted by molar-refractivity contribution is 5.78. The second-order valence-corrected chi connectivity index (χ2v) is 3.10. The first kappa shape index (κ1) is 10.1. The summed E-state index contributed by atoms with van der Waals surface area (Å²) in [5, 5.41) is 0. The highest BCUT2D eigenvalue weighted by atomic mass is 16.2. The lowest BCUT2D eigenvalue weighted by Gasteiger charge is -2.04. The summed E-state index contributed by atoms with van der Waals surface area (Å²) in [6.45, 7) is 0. The Kier molecular flexibility index (Phi) is 2.51. The number of hydrogen-bond acceptors (Lipinski definition) is 3. The third-order valence-electron chi connectivity index (χ3n) is 2.06. The van der Waals surface area contributed by atoms with Gasteiger partial charge < -0.3 is 0 Å². The molecule has 5 heteroatoms. The van der Waals surface area contributed by atoms with Crippen LogP contribution in [0.4, 0.5) is 4.79 Å². The van der Waals surface area contributed by atoms with Crippen LogP contribution in [0.25, 0.3) is 0 Å². The van der Waals surface area contributed by atoms with Crippen LogP contribution >= 0.6 is 0 Å². The van der Waals surface area contributed by atoms with E-state index in [-0.39, 0.29) is 0 Å². The molecule has 0 aliphatic heterocycles. The SMILES string of the molecule is O=C(n1ccccc1=O)n1ccccc1=O. The van der Waals surface area contributed by atoms with Gasteiger partial charge in [0, 0.05) is 24.5 Å². The van der Waals surface area contributed by atoms with E-state index in [9.17, 15) is 14.4 Å². The summed E-state index contributed by atoms with van der Waals surface area (Å²) >= 11 is 0. The van der Waals surface area contributed by atoms with Gasteiger partial charge in [-0.05, 0) is 12.1 Å². The maximum absolute atomic E-state index is 11.8. The third-order valence-corrected chi connectivity index (χ3v) is 2.06. The Balaban J connectivity index is 2.57. The van der Waals surface area contributed by atoms with E-state index < -0.39 is 17.1 Å². The van der Waals surface area contributed by atoms with Crippen LogP contribution in [0.5, 0.6) is 0 Å². The van der Waals surface area contributed by atoms with E-state index in [1.165, 1.54) is 36.7 Å². The van der Waals surface area contributed by atoms with Crippen molar-refractivity contribution in [3.63, 3.8) is 0 Å². The van der Waals surface area contributed by atoms with Crippen LogP contribution in [0.3, 0.4) is 0 Å². The van der Waals surface area contributed by atoms with Crippen molar-refractivity contribution in [2.24, 2.45) is 0 Å². The molecular weight excluding hydrogens is 208 g/mol. The van der Waals surface area contributed by atoms with E-state index in [0.717, 1.165) is 9.13 Å². The van der Waals surface area contributed by atoms with Gasteiger partial charge >= 0.3 is 6.03 Å². The number of hydrogen-bond donors (Lipinski definition) is 0. The molecule has 2 aromatic rings. The van der Waals surface area contributed by atoms with E-state index >= 15 is 0 Å². The first-order valence-corrected chi connectivity index (χ1v) is 4.60. The van der Waals surface area contributed by atoms with Crippen LogP contribution in [0.2, 0.25) is 0 Å². The van der Waals surface area contributed by atoms with Crippen molar-refractivity contribution in [3.05, 3.63) is 69.5 Å². The molecule has 0 atom stereocenters. The fourth-order valence-electron chi connectivity index (χ4n) is 1.29. The summed E-state index contributed by atoms with van der Waals surface area (Å²) in [4.78, 5) is 34.6. The molecule has 0 saturated heterocycles. The lowest BCUT2D eigenvalue weighted by molar-refractivity contribution is 0.242. The van der Waals surface area contributed by atoms with Crippen LogP contribution in [-0.4, -0.2) is 15.2 Å². The van der Waals surface area contributed by atoms with Crippen molar-refractivity contribution in [2.75, 3.05) is 0 Å². The predicted molar refractivity (Wildman–Crippen MR) is 57.6 cm³/mol. The van der Waals surface area contributed by atoms with Crippen LogP contribution in [-0.2, 0) is 0 Å². The van der Waals surface area contributed by atoms with E-state index in [4.69, 9.17) is 0 Å². The largest absolute Gasteiger partial charge is 0.342 e. The Morgan fingerprint density at radius 3 is 1.62 bits per heavy atom. The lowest BCUT2D eigenvalue weighted by Crippen LogP contribution is -2.35. The monoisotopic (exact) mass is 216 g/mol. The average Bonchev–Trinajstić information content (AvgIpc) is 2.29. The quantitative estimate of drug-likeness (QED) is 0.645. The molecule has 2 heterocycles. The second-order valence-electron chi connectivity index (χ2n) is 3.10. The fourth-order valence-corrected chi connectivity index (χ4v) is 1.29. The summed E-state index contributed by atoms with van der Waals surface area (Å²) in [6.07, 6.45) is 2.65. The van der Waals surface area contributed by atoms with Gasteiger partial charge in [-0.3, -0.25) is 9.59 Å². The first-order chi connectivity index (χ1) is 7.70. The molecule has 0 unspecified atom stereocenters. The number of carbonyl (C=O) groups excluding carboxylic acids is 1. The summed E-state index contributed by atoms with van der Waals surface area (Å²) < 4.78 is 1.75. The molecule has 0 fully saturated rings. The molecule has 2 rings (SSSR count). The molecular formula is C11H8N2O3. The minimum Gasteiger partial charge on any atom is -0.269 e. The Morgan fingerprint density at radius 2 is 1.25 bits per heavy atom. The van der Waals surface area contributed by atoms with Gasteiger partial charge in [-0.25, -0.2) is 13.9 Å². The van der Waals surface area contributed by atoms with Crippen molar-refractivity contribution in [1.29, 1.82) is 0 Å². The minimum atomic E-state index is -0.684. The average molecular weight is 216 g/mol. The molecule has 80 valence electrons. The normalized spacial score (nSPS) is 10.0. The van der Waals surface area contributed by atoms with Gasteiger partial charge in [0.15, 0.2) is 0 Å². The minimum absolute atomic E-state index is 0.469. The molecule has 0 aliphatic rings. The Hall–Kier alpha value is -2.43. The lowest BCUT2D eigenvalue weighted by atomic mass is 10.4.